The van der Waals surface area contributed by atoms with Gasteiger partial charge in [0.15, 0.2) is 5.58 Å². The second-order valence-corrected chi connectivity index (χ2v) is 5.84. The van der Waals surface area contributed by atoms with E-state index in [0.29, 0.717) is 11.8 Å². The number of likely N-dealkylation sites (N-methyl/N-ethyl adjacent to an activating group) is 1. The van der Waals surface area contributed by atoms with Gasteiger partial charge in [-0.1, -0.05) is 35.9 Å². The molecule has 2 unspecified atom stereocenters. The van der Waals surface area contributed by atoms with Gasteiger partial charge in [0, 0.05) is 13.1 Å². The van der Waals surface area contributed by atoms with Gasteiger partial charge in [-0.25, -0.2) is 4.98 Å². The van der Waals surface area contributed by atoms with E-state index in [2.05, 4.69) is 30.2 Å². The third-order valence-corrected chi connectivity index (χ3v) is 4.39. The molecule has 4 rings (SSSR count). The molecule has 1 aromatic heterocycles. The van der Waals surface area contributed by atoms with Crippen LogP contribution in [0.1, 0.15) is 18.2 Å². The van der Waals surface area contributed by atoms with Crippen molar-refractivity contribution in [2.75, 3.05) is 20.1 Å². The lowest BCUT2D eigenvalue weighted by Crippen LogP contribution is -2.39. The maximum atomic E-state index is 6.02. The maximum absolute atomic E-state index is 6.02. The molecular formula is C17H18N2O. The Morgan fingerprint density at radius 1 is 1.25 bits per heavy atom. The highest BCUT2D eigenvalue weighted by Gasteiger charge is 2.35. The molecule has 0 spiro atoms. The molecule has 0 N–H and O–H groups in total. The minimum atomic E-state index is 0.359. The quantitative estimate of drug-likeness (QED) is 0.792. The first-order chi connectivity index (χ1) is 9.81. The van der Waals surface area contributed by atoms with Crippen LogP contribution < -0.4 is 0 Å². The van der Waals surface area contributed by atoms with Crippen LogP contribution in [0.15, 0.2) is 52.5 Å². The first-order valence-corrected chi connectivity index (χ1v) is 7.21. The summed E-state index contributed by atoms with van der Waals surface area (Å²) in [5, 5.41) is 0. The van der Waals surface area contributed by atoms with Crippen molar-refractivity contribution in [3.05, 3.63) is 54.0 Å². The van der Waals surface area contributed by atoms with E-state index in [4.69, 9.17) is 9.40 Å². The summed E-state index contributed by atoms with van der Waals surface area (Å²) in [5.41, 5.74) is 3.37. The second kappa shape index (κ2) is 4.60. The number of hydrogen-bond donors (Lipinski definition) is 0. The van der Waals surface area contributed by atoms with Gasteiger partial charge in [-0.15, -0.1) is 0 Å². The van der Waals surface area contributed by atoms with E-state index in [9.17, 15) is 0 Å². The van der Waals surface area contributed by atoms with Crippen molar-refractivity contribution in [2.24, 2.45) is 5.92 Å². The monoisotopic (exact) mass is 266 g/mol. The van der Waals surface area contributed by atoms with Crippen LogP contribution in [0.4, 0.5) is 0 Å². The Balaban J connectivity index is 1.75. The minimum Gasteiger partial charge on any atom is -0.440 e. The summed E-state index contributed by atoms with van der Waals surface area (Å²) >= 11 is 0. The first kappa shape index (κ1) is 11.9. The van der Waals surface area contributed by atoms with Gasteiger partial charge < -0.3 is 9.32 Å². The van der Waals surface area contributed by atoms with Gasteiger partial charge in [0.2, 0.25) is 5.89 Å². The van der Waals surface area contributed by atoms with Crippen LogP contribution in [0.3, 0.4) is 0 Å². The molecule has 1 saturated heterocycles. The van der Waals surface area contributed by atoms with Crippen molar-refractivity contribution in [1.29, 1.82) is 0 Å². The highest BCUT2D eigenvalue weighted by atomic mass is 16.3. The highest BCUT2D eigenvalue weighted by Crippen LogP contribution is 2.39. The van der Waals surface area contributed by atoms with Gasteiger partial charge >= 0.3 is 0 Å². The van der Waals surface area contributed by atoms with Crippen LogP contribution in [0.5, 0.6) is 0 Å². The van der Waals surface area contributed by atoms with Crippen molar-refractivity contribution >= 4 is 11.1 Å². The molecular weight excluding hydrogens is 248 g/mol. The summed E-state index contributed by atoms with van der Waals surface area (Å²) in [5.74, 6) is 1.80. The Morgan fingerprint density at radius 3 is 3.05 bits per heavy atom. The summed E-state index contributed by atoms with van der Waals surface area (Å²) in [6, 6.07) is 8.03. The van der Waals surface area contributed by atoms with Crippen LogP contribution in [-0.4, -0.2) is 30.0 Å². The zero-order valence-electron chi connectivity index (χ0n) is 11.6. The van der Waals surface area contributed by atoms with Crippen molar-refractivity contribution in [3.8, 4) is 0 Å². The number of aromatic nitrogens is 1. The van der Waals surface area contributed by atoms with E-state index in [1.54, 1.807) is 0 Å². The van der Waals surface area contributed by atoms with Crippen LogP contribution >= 0.6 is 0 Å². The van der Waals surface area contributed by atoms with Crippen molar-refractivity contribution < 1.29 is 4.42 Å². The van der Waals surface area contributed by atoms with E-state index in [-0.39, 0.29) is 0 Å². The third-order valence-electron chi connectivity index (χ3n) is 4.39. The normalized spacial score (nSPS) is 26.6. The highest BCUT2D eigenvalue weighted by molar-refractivity contribution is 5.72. The lowest BCUT2D eigenvalue weighted by atomic mass is 9.77. The van der Waals surface area contributed by atoms with E-state index in [1.165, 1.54) is 5.57 Å². The number of para-hydroxylation sites is 2. The Morgan fingerprint density at radius 2 is 2.15 bits per heavy atom. The van der Waals surface area contributed by atoms with Crippen LogP contribution in [0, 0.1) is 5.92 Å². The van der Waals surface area contributed by atoms with Gasteiger partial charge in [0.05, 0.1) is 5.92 Å². The SMILES string of the molecule is CN1CC2=CC=CCC2C(c2nc3ccccc3o2)C1. The van der Waals surface area contributed by atoms with E-state index >= 15 is 0 Å². The number of oxazole rings is 1. The number of fused-ring (bicyclic) bond motifs is 2. The fourth-order valence-electron chi connectivity index (χ4n) is 3.42. The Labute approximate surface area is 118 Å². The van der Waals surface area contributed by atoms with Gasteiger partial charge in [-0.2, -0.15) is 0 Å². The number of hydrogen-bond acceptors (Lipinski definition) is 3. The smallest absolute Gasteiger partial charge is 0.200 e. The second-order valence-electron chi connectivity index (χ2n) is 5.84. The fraction of sp³-hybridized carbons (Fsp3) is 0.353. The Hall–Kier alpha value is -1.87. The molecule has 2 heterocycles. The largest absolute Gasteiger partial charge is 0.440 e. The van der Waals surface area contributed by atoms with E-state index < -0.39 is 0 Å². The third kappa shape index (κ3) is 1.90. The standard InChI is InChI=1S/C17H18N2O/c1-19-10-12-6-2-3-7-13(12)14(11-19)17-18-15-8-4-5-9-16(15)20-17/h2-6,8-9,13-14H,7,10-11H2,1H3. The Kier molecular flexibility index (Phi) is 2.74. The average Bonchev–Trinajstić information content (AvgIpc) is 2.90. The molecule has 1 aliphatic carbocycles. The molecule has 3 nitrogen and oxygen atoms in total. The van der Waals surface area contributed by atoms with Crippen molar-refractivity contribution in [3.63, 3.8) is 0 Å². The molecule has 1 aromatic carbocycles. The average molecular weight is 266 g/mol. The summed E-state index contributed by atoms with van der Waals surface area (Å²) in [7, 11) is 2.17. The first-order valence-electron chi connectivity index (χ1n) is 7.21. The topological polar surface area (TPSA) is 29.3 Å². The molecule has 102 valence electrons. The molecule has 2 aliphatic rings. The summed E-state index contributed by atoms with van der Waals surface area (Å²) < 4.78 is 6.02. The predicted molar refractivity (Wildman–Crippen MR) is 79.6 cm³/mol. The molecule has 0 saturated carbocycles. The van der Waals surface area contributed by atoms with Crippen LogP contribution in [0.2, 0.25) is 0 Å². The summed E-state index contributed by atoms with van der Waals surface area (Å²) in [4.78, 5) is 7.08. The number of rotatable bonds is 1. The van der Waals surface area contributed by atoms with Gasteiger partial charge in [0.1, 0.15) is 5.52 Å². The molecule has 1 aliphatic heterocycles. The molecule has 1 fully saturated rings. The fourth-order valence-corrected chi connectivity index (χ4v) is 3.42. The minimum absolute atomic E-state index is 0.359. The van der Waals surface area contributed by atoms with Gasteiger partial charge in [-0.05, 0) is 31.5 Å². The van der Waals surface area contributed by atoms with Gasteiger partial charge in [0.25, 0.3) is 0 Å². The number of allylic oxidation sites excluding steroid dienone is 3. The van der Waals surface area contributed by atoms with E-state index in [0.717, 1.165) is 36.5 Å². The zero-order valence-corrected chi connectivity index (χ0v) is 11.6. The van der Waals surface area contributed by atoms with Gasteiger partial charge in [-0.3, -0.25) is 0 Å². The lowest BCUT2D eigenvalue weighted by molar-refractivity contribution is 0.222. The van der Waals surface area contributed by atoms with Crippen LogP contribution in [0.25, 0.3) is 11.1 Å². The summed E-state index contributed by atoms with van der Waals surface area (Å²) in [6.45, 7) is 2.08. The Bertz CT molecular complexity index is 665. The number of likely N-dealkylation sites (tertiary alicyclic amines) is 1. The molecule has 20 heavy (non-hydrogen) atoms. The zero-order chi connectivity index (χ0) is 13.5. The predicted octanol–water partition coefficient (Wildman–Crippen LogP) is 3.36. The summed E-state index contributed by atoms with van der Waals surface area (Å²) in [6.07, 6.45) is 7.80. The van der Waals surface area contributed by atoms with E-state index in [1.807, 2.05) is 24.3 Å². The molecule has 2 aromatic rings. The molecule has 0 radical (unpaired) electrons. The lowest BCUT2D eigenvalue weighted by Gasteiger charge is -2.38. The molecule has 0 amide bonds. The molecule has 3 heteroatoms. The van der Waals surface area contributed by atoms with Crippen molar-refractivity contribution in [1.82, 2.24) is 9.88 Å². The van der Waals surface area contributed by atoms with Crippen molar-refractivity contribution in [2.45, 2.75) is 12.3 Å². The molecule has 2 atom stereocenters. The maximum Gasteiger partial charge on any atom is 0.200 e. The number of piperidine rings is 1. The molecule has 0 bridgehead atoms. The number of nitrogens with zero attached hydrogens (tertiary/aromatic N) is 2. The van der Waals surface area contributed by atoms with Crippen LogP contribution in [-0.2, 0) is 0 Å². The number of benzene rings is 1.